The second kappa shape index (κ2) is 9.78. The minimum atomic E-state index is 0.540. The van der Waals surface area contributed by atoms with Gasteiger partial charge in [0.25, 0.3) is 0 Å². The lowest BCUT2D eigenvalue weighted by Gasteiger charge is -2.17. The fourth-order valence-corrected chi connectivity index (χ4v) is 7.61. The van der Waals surface area contributed by atoms with Crippen LogP contribution in [0.2, 0.25) is 0 Å². The molecule has 10 aromatic rings. The van der Waals surface area contributed by atoms with Crippen LogP contribution in [0.1, 0.15) is 0 Å². The highest BCUT2D eigenvalue weighted by Gasteiger charge is 2.17. The zero-order valence-electron chi connectivity index (χ0n) is 25.3. The van der Waals surface area contributed by atoms with Crippen LogP contribution in [0.5, 0.6) is 0 Å². The van der Waals surface area contributed by atoms with Crippen LogP contribution in [0.3, 0.4) is 0 Å². The Bertz CT molecular complexity index is 2900. The van der Waals surface area contributed by atoms with Crippen LogP contribution < -0.4 is 0 Å². The first-order chi connectivity index (χ1) is 23.2. The third-order valence-electron chi connectivity index (χ3n) is 9.86. The SMILES string of the molecule is [C-]#[N+]c1cccc2c1oc1c(-c3ccc(-c4ccc5ccc6c(-c7ccc8ccccc8c7)ccc7ccc4c5c76)cc3)cccc12. The Balaban J connectivity index is 1.12. The number of para-hydroxylation sites is 2. The van der Waals surface area contributed by atoms with E-state index < -0.39 is 0 Å². The van der Waals surface area contributed by atoms with Crippen molar-refractivity contribution in [3.05, 3.63) is 163 Å². The van der Waals surface area contributed by atoms with Gasteiger partial charge in [0, 0.05) is 16.3 Å². The van der Waals surface area contributed by atoms with Gasteiger partial charge in [0.2, 0.25) is 5.69 Å². The molecule has 10 rings (SSSR count). The third-order valence-corrected chi connectivity index (χ3v) is 9.86. The van der Waals surface area contributed by atoms with Crippen molar-refractivity contribution in [2.45, 2.75) is 0 Å². The molecule has 47 heavy (non-hydrogen) atoms. The van der Waals surface area contributed by atoms with Crippen molar-refractivity contribution in [3.63, 3.8) is 0 Å². The molecule has 0 atom stereocenters. The molecule has 0 fully saturated rings. The van der Waals surface area contributed by atoms with E-state index in [4.69, 9.17) is 11.0 Å². The molecule has 0 N–H and O–H groups in total. The van der Waals surface area contributed by atoms with Crippen LogP contribution in [0.25, 0.3) is 103 Å². The molecule has 9 aromatic carbocycles. The molecule has 0 bridgehead atoms. The lowest BCUT2D eigenvalue weighted by molar-refractivity contribution is 0.672. The fraction of sp³-hybridized carbons (Fsp3) is 0. The summed E-state index contributed by atoms with van der Waals surface area (Å²) < 4.78 is 6.35. The van der Waals surface area contributed by atoms with E-state index in [9.17, 15) is 0 Å². The number of hydrogen-bond acceptors (Lipinski definition) is 1. The van der Waals surface area contributed by atoms with Crippen molar-refractivity contribution < 1.29 is 4.42 Å². The molecule has 0 aliphatic heterocycles. The van der Waals surface area contributed by atoms with Crippen molar-refractivity contribution in [1.29, 1.82) is 0 Å². The summed E-state index contributed by atoms with van der Waals surface area (Å²) in [4.78, 5) is 3.68. The van der Waals surface area contributed by atoms with Crippen molar-refractivity contribution in [3.8, 4) is 33.4 Å². The van der Waals surface area contributed by atoms with Gasteiger partial charge in [-0.1, -0.05) is 146 Å². The molecule has 1 heterocycles. The zero-order chi connectivity index (χ0) is 31.1. The molecule has 0 spiro atoms. The van der Waals surface area contributed by atoms with Gasteiger partial charge >= 0.3 is 0 Å². The van der Waals surface area contributed by atoms with Crippen LogP contribution in [0, 0.1) is 6.57 Å². The Morgan fingerprint density at radius 2 is 0.936 bits per heavy atom. The Hall–Kier alpha value is -6.43. The first-order valence-corrected chi connectivity index (χ1v) is 15.9. The first kappa shape index (κ1) is 25.9. The Kier molecular flexibility index (Phi) is 5.38. The highest BCUT2D eigenvalue weighted by molar-refractivity contribution is 6.27. The van der Waals surface area contributed by atoms with Gasteiger partial charge in [0.15, 0.2) is 0 Å². The number of furan rings is 1. The molecular formula is C45H25NO. The van der Waals surface area contributed by atoms with E-state index in [1.54, 1.807) is 0 Å². The van der Waals surface area contributed by atoms with Crippen LogP contribution in [-0.4, -0.2) is 0 Å². The summed E-state index contributed by atoms with van der Waals surface area (Å²) >= 11 is 0. The normalized spacial score (nSPS) is 11.8. The highest BCUT2D eigenvalue weighted by atomic mass is 16.3. The summed E-state index contributed by atoms with van der Waals surface area (Å²) in [5.41, 5.74) is 9.01. The average molecular weight is 596 g/mol. The van der Waals surface area contributed by atoms with E-state index in [0.717, 1.165) is 27.5 Å². The largest absolute Gasteiger partial charge is 0.466 e. The van der Waals surface area contributed by atoms with E-state index in [-0.39, 0.29) is 0 Å². The number of fused-ring (bicyclic) bond motifs is 4. The lowest BCUT2D eigenvalue weighted by Crippen LogP contribution is -1.89. The first-order valence-electron chi connectivity index (χ1n) is 15.9. The smallest absolute Gasteiger partial charge is 0.229 e. The van der Waals surface area contributed by atoms with Gasteiger partial charge < -0.3 is 4.42 Å². The average Bonchev–Trinajstić information content (AvgIpc) is 3.53. The van der Waals surface area contributed by atoms with Gasteiger partial charge in [-0.15, -0.1) is 0 Å². The van der Waals surface area contributed by atoms with E-state index in [1.165, 1.54) is 65.3 Å². The maximum atomic E-state index is 7.59. The minimum absolute atomic E-state index is 0.540. The van der Waals surface area contributed by atoms with E-state index in [1.807, 2.05) is 18.2 Å². The molecule has 216 valence electrons. The molecule has 0 unspecified atom stereocenters. The lowest BCUT2D eigenvalue weighted by atomic mass is 9.87. The summed E-state index contributed by atoms with van der Waals surface area (Å²) in [6.07, 6.45) is 0. The van der Waals surface area contributed by atoms with Crippen LogP contribution >= 0.6 is 0 Å². The number of nitrogens with zero attached hydrogens (tertiary/aromatic N) is 1. The van der Waals surface area contributed by atoms with Gasteiger partial charge in [-0.05, 0) is 77.0 Å². The van der Waals surface area contributed by atoms with Gasteiger partial charge in [-0.3, -0.25) is 0 Å². The molecular weight excluding hydrogens is 571 g/mol. The molecule has 0 aliphatic rings. The maximum absolute atomic E-state index is 7.59. The zero-order valence-corrected chi connectivity index (χ0v) is 25.3. The van der Waals surface area contributed by atoms with Crippen molar-refractivity contribution in [1.82, 2.24) is 0 Å². The third kappa shape index (κ3) is 3.78. The van der Waals surface area contributed by atoms with Crippen LogP contribution in [-0.2, 0) is 0 Å². The number of rotatable bonds is 3. The summed E-state index contributed by atoms with van der Waals surface area (Å²) in [5.74, 6) is 0. The molecule has 2 nitrogen and oxygen atoms in total. The number of benzene rings is 9. The molecule has 2 heteroatoms. The second-order valence-corrected chi connectivity index (χ2v) is 12.3. The molecule has 0 saturated heterocycles. The second-order valence-electron chi connectivity index (χ2n) is 12.3. The summed E-state index contributed by atoms with van der Waals surface area (Å²) in [6.45, 7) is 7.59. The van der Waals surface area contributed by atoms with Crippen molar-refractivity contribution >= 4 is 70.7 Å². The van der Waals surface area contributed by atoms with E-state index in [0.29, 0.717) is 11.3 Å². The summed E-state index contributed by atoms with van der Waals surface area (Å²) in [7, 11) is 0. The van der Waals surface area contributed by atoms with Crippen molar-refractivity contribution in [2.75, 3.05) is 0 Å². The minimum Gasteiger partial charge on any atom is -0.466 e. The quantitative estimate of drug-likeness (QED) is 0.147. The molecule has 0 radical (unpaired) electrons. The Morgan fingerprint density at radius 1 is 0.383 bits per heavy atom. The molecule has 0 saturated carbocycles. The molecule has 0 aliphatic carbocycles. The van der Waals surface area contributed by atoms with Crippen LogP contribution in [0.15, 0.2) is 156 Å². The topological polar surface area (TPSA) is 17.5 Å². The van der Waals surface area contributed by atoms with Gasteiger partial charge in [0.05, 0.1) is 6.57 Å². The van der Waals surface area contributed by atoms with Gasteiger partial charge in [0.1, 0.15) is 11.2 Å². The van der Waals surface area contributed by atoms with Crippen molar-refractivity contribution in [2.24, 2.45) is 0 Å². The predicted molar refractivity (Wildman–Crippen MR) is 197 cm³/mol. The monoisotopic (exact) mass is 595 g/mol. The molecule has 0 amide bonds. The van der Waals surface area contributed by atoms with E-state index in [2.05, 4.69) is 138 Å². The van der Waals surface area contributed by atoms with Gasteiger partial charge in [-0.2, -0.15) is 0 Å². The Morgan fingerprint density at radius 3 is 1.64 bits per heavy atom. The standard InChI is InChI=1S/C45H25NO/c1-46-41-11-5-10-40-39-9-4-8-36(44(39)47-45(40)41)29-15-13-28(14-16-29)34-22-18-30-21-25-38-35(23-19-31-20-24-37(34)42(30)43(31)38)33-17-12-27-6-2-3-7-32(27)26-33/h2-26H. The summed E-state index contributed by atoms with van der Waals surface area (Å²) in [6, 6.07) is 54.3. The summed E-state index contributed by atoms with van der Waals surface area (Å²) in [5, 5.41) is 12.2. The molecule has 1 aromatic heterocycles. The maximum Gasteiger partial charge on any atom is 0.229 e. The fourth-order valence-electron chi connectivity index (χ4n) is 7.61. The van der Waals surface area contributed by atoms with Crippen LogP contribution in [0.4, 0.5) is 5.69 Å². The predicted octanol–water partition coefficient (Wildman–Crippen LogP) is 13.2. The van der Waals surface area contributed by atoms with Gasteiger partial charge in [-0.25, -0.2) is 4.85 Å². The number of hydrogen-bond donors (Lipinski definition) is 0. The van der Waals surface area contributed by atoms with E-state index >= 15 is 0 Å². The Labute approximate surface area is 270 Å². The highest BCUT2D eigenvalue weighted by Crippen LogP contribution is 2.44.